The van der Waals surface area contributed by atoms with E-state index in [0.29, 0.717) is 38.3 Å². The molecule has 7 heteroatoms. The molecule has 0 N–H and O–H groups in total. The van der Waals surface area contributed by atoms with Gasteiger partial charge in [-0.3, -0.25) is 14.5 Å². The zero-order valence-electron chi connectivity index (χ0n) is 21.5. The van der Waals surface area contributed by atoms with Crippen LogP contribution in [0.4, 0.5) is 4.39 Å². The van der Waals surface area contributed by atoms with Gasteiger partial charge in [0.2, 0.25) is 5.91 Å². The third-order valence-corrected chi connectivity index (χ3v) is 6.65. The van der Waals surface area contributed by atoms with Crippen molar-refractivity contribution in [3.05, 3.63) is 66.0 Å². The molecule has 1 fully saturated rings. The summed E-state index contributed by atoms with van der Waals surface area (Å²) in [5, 5.41) is 0. The molecule has 0 saturated carbocycles. The molecule has 0 unspecified atom stereocenters. The molecule has 6 nitrogen and oxygen atoms in total. The summed E-state index contributed by atoms with van der Waals surface area (Å²) in [4.78, 5) is 31.6. The fourth-order valence-electron chi connectivity index (χ4n) is 4.38. The summed E-state index contributed by atoms with van der Waals surface area (Å²) >= 11 is 0. The Hall–Kier alpha value is -2.93. The van der Waals surface area contributed by atoms with Crippen LogP contribution in [0.25, 0.3) is 0 Å². The average molecular weight is 498 g/mol. The fourth-order valence-corrected chi connectivity index (χ4v) is 4.38. The van der Waals surface area contributed by atoms with Gasteiger partial charge in [0.25, 0.3) is 5.91 Å². The topological polar surface area (TPSA) is 53.1 Å². The molecule has 0 aliphatic carbocycles. The average Bonchev–Trinajstić information content (AvgIpc) is 2.91. The summed E-state index contributed by atoms with van der Waals surface area (Å²) in [6.45, 7) is 6.94. The van der Waals surface area contributed by atoms with Crippen molar-refractivity contribution in [3.8, 4) is 5.75 Å². The molecule has 0 radical (unpaired) electrons. The van der Waals surface area contributed by atoms with Crippen molar-refractivity contribution in [2.24, 2.45) is 0 Å². The van der Waals surface area contributed by atoms with E-state index < -0.39 is 0 Å². The Morgan fingerprint density at radius 1 is 0.917 bits per heavy atom. The highest BCUT2D eigenvalue weighted by atomic mass is 19.1. The van der Waals surface area contributed by atoms with E-state index in [1.165, 1.54) is 31.4 Å². The van der Waals surface area contributed by atoms with Crippen LogP contribution < -0.4 is 4.74 Å². The molecular weight excluding hydrogens is 457 g/mol. The van der Waals surface area contributed by atoms with Crippen LogP contribution in [0, 0.1) is 5.82 Å². The zero-order chi connectivity index (χ0) is 25.6. The third-order valence-electron chi connectivity index (χ3n) is 6.65. The molecule has 1 aliphatic heterocycles. The van der Waals surface area contributed by atoms with Crippen molar-refractivity contribution < 1.29 is 18.7 Å². The summed E-state index contributed by atoms with van der Waals surface area (Å²) in [5.74, 6) is 0.576. The van der Waals surface area contributed by atoms with Crippen LogP contribution in [-0.4, -0.2) is 72.4 Å². The van der Waals surface area contributed by atoms with E-state index in [0.717, 1.165) is 38.0 Å². The van der Waals surface area contributed by atoms with Gasteiger partial charge in [-0.05, 0) is 36.2 Å². The summed E-state index contributed by atoms with van der Waals surface area (Å²) in [5.41, 5.74) is 0.935. The van der Waals surface area contributed by atoms with Crippen LogP contribution in [0.1, 0.15) is 51.0 Å². The lowest BCUT2D eigenvalue weighted by Crippen LogP contribution is -2.51. The molecular formula is C29H40FN3O3. The fraction of sp³-hybridized carbons (Fsp3) is 0.517. The maximum absolute atomic E-state index is 13.3. The number of piperazine rings is 1. The molecule has 3 rings (SSSR count). The van der Waals surface area contributed by atoms with Crippen LogP contribution in [0.15, 0.2) is 54.6 Å². The van der Waals surface area contributed by atoms with Gasteiger partial charge < -0.3 is 14.5 Å². The summed E-state index contributed by atoms with van der Waals surface area (Å²) in [6.07, 6.45) is 6.10. The molecule has 0 atom stereocenters. The van der Waals surface area contributed by atoms with Crippen molar-refractivity contribution in [2.45, 2.75) is 52.0 Å². The number of halogens is 1. The Kier molecular flexibility index (Phi) is 11.7. The number of nitrogens with zero attached hydrogens (tertiary/aromatic N) is 3. The highest BCUT2D eigenvalue weighted by Gasteiger charge is 2.22. The second-order valence-electron chi connectivity index (χ2n) is 9.43. The molecule has 0 bridgehead atoms. The van der Waals surface area contributed by atoms with E-state index in [1.807, 2.05) is 40.1 Å². The van der Waals surface area contributed by atoms with Gasteiger partial charge in [-0.2, -0.15) is 0 Å². The van der Waals surface area contributed by atoms with Gasteiger partial charge in [-0.25, -0.2) is 4.39 Å². The quantitative estimate of drug-likeness (QED) is 0.354. The smallest absolute Gasteiger partial charge is 0.260 e. The molecule has 36 heavy (non-hydrogen) atoms. The number of para-hydroxylation sites is 1. The predicted octanol–water partition coefficient (Wildman–Crippen LogP) is 4.74. The maximum Gasteiger partial charge on any atom is 0.260 e. The maximum atomic E-state index is 13.3. The highest BCUT2D eigenvalue weighted by molar-refractivity contribution is 5.78. The van der Waals surface area contributed by atoms with Crippen molar-refractivity contribution >= 4 is 11.8 Å². The van der Waals surface area contributed by atoms with Crippen LogP contribution >= 0.6 is 0 Å². The van der Waals surface area contributed by atoms with Crippen LogP contribution in [0.2, 0.25) is 0 Å². The zero-order valence-corrected chi connectivity index (χ0v) is 21.5. The highest BCUT2D eigenvalue weighted by Crippen LogP contribution is 2.13. The number of hydrogen-bond acceptors (Lipinski definition) is 4. The molecule has 2 aromatic rings. The Morgan fingerprint density at radius 3 is 2.31 bits per heavy atom. The third kappa shape index (κ3) is 9.61. The van der Waals surface area contributed by atoms with Gasteiger partial charge in [0.1, 0.15) is 11.6 Å². The number of carbonyl (C=O) groups excluding carboxylic acids is 2. The first kappa shape index (κ1) is 27.7. The summed E-state index contributed by atoms with van der Waals surface area (Å²) in [6, 6.07) is 15.8. The molecule has 1 heterocycles. The molecule has 0 spiro atoms. The lowest BCUT2D eigenvalue weighted by atomic mass is 10.1. The second-order valence-corrected chi connectivity index (χ2v) is 9.43. The van der Waals surface area contributed by atoms with Crippen LogP contribution in [0.3, 0.4) is 0 Å². The Bertz CT molecular complexity index is 915. The minimum absolute atomic E-state index is 0.00492. The summed E-state index contributed by atoms with van der Waals surface area (Å²) in [7, 11) is 0. The number of carbonyl (C=O) groups is 2. The Morgan fingerprint density at radius 2 is 1.61 bits per heavy atom. The SMILES string of the molecule is CCCCCCCC(=O)N(CCN1CCN(C(=O)COc2ccccc2)CC1)Cc1ccc(F)cc1. The van der Waals surface area contributed by atoms with Crippen molar-refractivity contribution in [2.75, 3.05) is 45.9 Å². The van der Waals surface area contributed by atoms with Crippen LogP contribution in [-0.2, 0) is 16.1 Å². The minimum atomic E-state index is -0.269. The normalized spacial score (nSPS) is 14.0. The van der Waals surface area contributed by atoms with Crippen molar-refractivity contribution in [1.29, 1.82) is 0 Å². The Balaban J connectivity index is 1.44. The summed E-state index contributed by atoms with van der Waals surface area (Å²) < 4.78 is 18.9. The molecule has 1 saturated heterocycles. The van der Waals surface area contributed by atoms with E-state index in [9.17, 15) is 14.0 Å². The minimum Gasteiger partial charge on any atom is -0.484 e. The van der Waals surface area contributed by atoms with Crippen molar-refractivity contribution in [3.63, 3.8) is 0 Å². The van der Waals surface area contributed by atoms with Gasteiger partial charge in [-0.1, -0.05) is 62.9 Å². The van der Waals surface area contributed by atoms with Gasteiger partial charge in [-0.15, -0.1) is 0 Å². The first-order valence-electron chi connectivity index (χ1n) is 13.3. The molecule has 1 aliphatic rings. The van der Waals surface area contributed by atoms with E-state index in [4.69, 9.17) is 4.74 Å². The van der Waals surface area contributed by atoms with Gasteiger partial charge >= 0.3 is 0 Å². The van der Waals surface area contributed by atoms with Crippen molar-refractivity contribution in [1.82, 2.24) is 14.7 Å². The number of hydrogen-bond donors (Lipinski definition) is 0. The van der Waals surface area contributed by atoms with Gasteiger partial charge in [0.15, 0.2) is 6.61 Å². The monoisotopic (exact) mass is 497 g/mol. The van der Waals surface area contributed by atoms with Gasteiger partial charge in [0.05, 0.1) is 0 Å². The van der Waals surface area contributed by atoms with E-state index in [1.54, 1.807) is 12.1 Å². The standard InChI is InChI=1S/C29H40FN3O3/c1-2-3-4-5-9-12-28(34)33(23-25-13-15-26(30)16-14-25)22-19-31-17-20-32(21-18-31)29(35)24-36-27-10-7-6-8-11-27/h6-8,10-11,13-16H,2-5,9,12,17-24H2,1H3. The van der Waals surface area contributed by atoms with E-state index in [-0.39, 0.29) is 24.2 Å². The lowest BCUT2D eigenvalue weighted by Gasteiger charge is -2.36. The number of amides is 2. The number of benzene rings is 2. The number of ether oxygens (including phenoxy) is 1. The number of rotatable bonds is 14. The van der Waals surface area contributed by atoms with E-state index in [2.05, 4.69) is 11.8 Å². The second kappa shape index (κ2) is 15.2. The molecule has 2 aromatic carbocycles. The molecule has 0 aromatic heterocycles. The lowest BCUT2D eigenvalue weighted by molar-refractivity contribution is -0.135. The molecule has 2 amide bonds. The van der Waals surface area contributed by atoms with E-state index >= 15 is 0 Å². The largest absolute Gasteiger partial charge is 0.484 e. The molecule has 196 valence electrons. The van der Waals surface area contributed by atoms with Crippen LogP contribution in [0.5, 0.6) is 5.75 Å². The van der Waals surface area contributed by atoms with Gasteiger partial charge in [0, 0.05) is 52.2 Å². The number of unbranched alkanes of at least 4 members (excludes halogenated alkanes) is 4. The Labute approximate surface area is 215 Å². The predicted molar refractivity (Wildman–Crippen MR) is 140 cm³/mol. The first-order chi connectivity index (χ1) is 17.5. The first-order valence-corrected chi connectivity index (χ1v) is 13.3.